The van der Waals surface area contributed by atoms with Gasteiger partial charge in [-0.1, -0.05) is 119 Å². The largest absolute Gasteiger partial charge is 0.309 e. The summed E-state index contributed by atoms with van der Waals surface area (Å²) >= 11 is 16.0. The minimum absolute atomic E-state index is 0.0178. The fourth-order valence-electron chi connectivity index (χ4n) is 6.23. The van der Waals surface area contributed by atoms with Gasteiger partial charge in [-0.25, -0.2) is 0 Å². The predicted molar refractivity (Wildman–Crippen MR) is 198 cm³/mol. The molecule has 0 aliphatic carbocycles. The molecule has 2 heterocycles. The monoisotopic (exact) mass is 646 g/mol. The van der Waals surface area contributed by atoms with Crippen LogP contribution in [0.25, 0.3) is 37.6 Å². The fourth-order valence-corrected chi connectivity index (χ4v) is 7.54. The number of hydrogen-bond acceptors (Lipinski definition) is 2. The van der Waals surface area contributed by atoms with Crippen LogP contribution in [-0.2, 0) is 10.8 Å². The molecular formula is C40H36Cl2N2S. The Hall–Kier alpha value is -3.76. The molecule has 0 fully saturated rings. The Bertz CT molecular complexity index is 2160. The van der Waals surface area contributed by atoms with Crippen LogP contribution in [0, 0.1) is 0 Å². The Morgan fingerprint density at radius 3 is 1.78 bits per heavy atom. The summed E-state index contributed by atoms with van der Waals surface area (Å²) in [7, 11) is 0. The first-order valence-electron chi connectivity index (χ1n) is 15.3. The quantitative estimate of drug-likeness (QED) is 0.185. The van der Waals surface area contributed by atoms with Gasteiger partial charge in [0.05, 0.1) is 32.5 Å². The minimum atomic E-state index is 0.0178. The van der Waals surface area contributed by atoms with Crippen LogP contribution in [0.4, 0.5) is 17.1 Å². The second-order valence-corrected chi connectivity index (χ2v) is 15.5. The summed E-state index contributed by atoms with van der Waals surface area (Å²) in [5.41, 5.74) is 8.79. The van der Waals surface area contributed by atoms with E-state index in [1.165, 1.54) is 32.0 Å². The second kappa shape index (κ2) is 10.9. The van der Waals surface area contributed by atoms with Gasteiger partial charge in [0.1, 0.15) is 0 Å². The first kappa shape index (κ1) is 29.9. The van der Waals surface area contributed by atoms with Gasteiger partial charge in [-0.15, -0.1) is 11.3 Å². The molecular weight excluding hydrogens is 611 g/mol. The van der Waals surface area contributed by atoms with Crippen LogP contribution in [0.2, 0.25) is 10.0 Å². The van der Waals surface area contributed by atoms with Crippen molar-refractivity contribution in [3.05, 3.63) is 130 Å². The third-order valence-corrected chi connectivity index (χ3v) is 10.5. The van der Waals surface area contributed by atoms with Crippen LogP contribution in [0.15, 0.2) is 109 Å². The normalized spacial score (nSPS) is 12.4. The zero-order valence-corrected chi connectivity index (χ0v) is 28.8. The number of nitrogens with zero attached hydrogens (tertiary/aromatic N) is 2. The summed E-state index contributed by atoms with van der Waals surface area (Å²) in [6, 6.07) is 36.9. The maximum Gasteiger partial charge on any atom is 0.0834 e. The van der Waals surface area contributed by atoms with Gasteiger partial charge >= 0.3 is 0 Å². The number of fused-ring (bicyclic) bond motifs is 4. The lowest BCUT2D eigenvalue weighted by molar-refractivity contribution is 0.590. The van der Waals surface area contributed by atoms with Crippen LogP contribution >= 0.6 is 34.5 Å². The van der Waals surface area contributed by atoms with Crippen molar-refractivity contribution >= 4 is 83.5 Å². The van der Waals surface area contributed by atoms with Gasteiger partial charge < -0.3 is 9.47 Å². The molecule has 226 valence electrons. The number of para-hydroxylation sites is 2. The Labute approximate surface area is 279 Å². The van der Waals surface area contributed by atoms with Gasteiger partial charge in [-0.05, 0) is 70.5 Å². The summed E-state index contributed by atoms with van der Waals surface area (Å²) < 4.78 is 3.52. The number of halogens is 2. The van der Waals surface area contributed by atoms with E-state index in [2.05, 4.69) is 153 Å². The topological polar surface area (TPSA) is 8.17 Å². The Morgan fingerprint density at radius 2 is 1.18 bits per heavy atom. The minimum Gasteiger partial charge on any atom is -0.309 e. The molecule has 45 heavy (non-hydrogen) atoms. The molecule has 0 aliphatic heterocycles. The first-order valence-corrected chi connectivity index (χ1v) is 17.0. The highest BCUT2D eigenvalue weighted by Gasteiger charge is 2.25. The molecule has 0 atom stereocenters. The third-order valence-electron chi connectivity index (χ3n) is 8.72. The molecule has 5 aromatic carbocycles. The van der Waals surface area contributed by atoms with E-state index in [9.17, 15) is 0 Å². The Balaban J connectivity index is 1.52. The number of hydrogen-bond donors (Lipinski definition) is 0. The van der Waals surface area contributed by atoms with Crippen molar-refractivity contribution in [3.8, 4) is 5.69 Å². The number of rotatable bonds is 4. The summed E-state index contributed by atoms with van der Waals surface area (Å²) in [6.07, 6.45) is 0. The van der Waals surface area contributed by atoms with Crippen molar-refractivity contribution in [1.29, 1.82) is 0 Å². The molecule has 0 saturated carbocycles. The maximum absolute atomic E-state index is 7.20. The van der Waals surface area contributed by atoms with E-state index < -0.39 is 0 Å². The molecule has 7 rings (SSSR count). The van der Waals surface area contributed by atoms with Gasteiger partial charge in [0, 0.05) is 37.6 Å². The molecule has 0 unspecified atom stereocenters. The summed E-state index contributed by atoms with van der Waals surface area (Å²) in [5, 5.41) is 6.88. The van der Waals surface area contributed by atoms with Crippen molar-refractivity contribution in [2.45, 2.75) is 52.4 Å². The first-order chi connectivity index (χ1) is 21.4. The molecule has 0 N–H and O–H groups in total. The standard InChI is InChI=1S/C40H36Cl2N2S/c1-39(2,3)25-15-18-27(19-16-25)43(36-24-45-37-20-17-26(21-31(36)37)40(4,5)6)35-23-28(22-32(41)38(35)42)44-33-13-9-7-11-29(33)30-12-8-10-14-34(30)44/h7-24H,1-6H3. The zero-order chi connectivity index (χ0) is 31.7. The van der Waals surface area contributed by atoms with Gasteiger partial charge in [-0.2, -0.15) is 0 Å². The average Bonchev–Trinajstić information content (AvgIpc) is 3.58. The van der Waals surface area contributed by atoms with Crippen molar-refractivity contribution in [2.24, 2.45) is 0 Å². The summed E-state index contributed by atoms with van der Waals surface area (Å²) in [4.78, 5) is 2.28. The SMILES string of the molecule is CC(C)(C)c1ccc(N(c2cc(-n3c4ccccc4c4ccccc43)cc(Cl)c2Cl)c2csc3ccc(C(C)(C)C)cc23)cc1. The van der Waals surface area contributed by atoms with E-state index in [0.717, 1.165) is 33.8 Å². The van der Waals surface area contributed by atoms with Crippen molar-refractivity contribution in [2.75, 3.05) is 4.90 Å². The van der Waals surface area contributed by atoms with Crippen LogP contribution in [0.3, 0.4) is 0 Å². The van der Waals surface area contributed by atoms with Crippen LogP contribution in [-0.4, -0.2) is 4.57 Å². The molecule has 0 spiro atoms. The van der Waals surface area contributed by atoms with E-state index >= 15 is 0 Å². The van der Waals surface area contributed by atoms with Gasteiger partial charge in [0.15, 0.2) is 0 Å². The molecule has 0 aliphatic rings. The van der Waals surface area contributed by atoms with Gasteiger partial charge in [0.2, 0.25) is 0 Å². The lowest BCUT2D eigenvalue weighted by atomic mass is 9.86. The Kier molecular flexibility index (Phi) is 7.28. The van der Waals surface area contributed by atoms with Gasteiger partial charge in [-0.3, -0.25) is 0 Å². The van der Waals surface area contributed by atoms with E-state index in [1.54, 1.807) is 11.3 Å². The molecule has 2 aromatic heterocycles. The van der Waals surface area contributed by atoms with E-state index in [1.807, 2.05) is 6.07 Å². The number of anilines is 3. The van der Waals surface area contributed by atoms with Crippen LogP contribution in [0.1, 0.15) is 52.7 Å². The number of benzene rings is 5. The Morgan fingerprint density at radius 1 is 0.600 bits per heavy atom. The zero-order valence-electron chi connectivity index (χ0n) is 26.5. The van der Waals surface area contributed by atoms with Crippen LogP contribution < -0.4 is 4.90 Å². The second-order valence-electron chi connectivity index (χ2n) is 13.8. The molecule has 2 nitrogen and oxygen atoms in total. The summed E-state index contributed by atoms with van der Waals surface area (Å²) in [6.45, 7) is 13.5. The van der Waals surface area contributed by atoms with E-state index in [-0.39, 0.29) is 10.8 Å². The predicted octanol–water partition coefficient (Wildman–Crippen LogP) is 13.4. The number of thiophene rings is 1. The molecule has 0 saturated heterocycles. The molecule has 0 radical (unpaired) electrons. The lowest BCUT2D eigenvalue weighted by Gasteiger charge is -2.28. The third kappa shape index (κ3) is 5.21. The lowest BCUT2D eigenvalue weighted by Crippen LogP contribution is -2.14. The highest BCUT2D eigenvalue weighted by molar-refractivity contribution is 7.17. The molecule has 0 amide bonds. The van der Waals surface area contributed by atoms with Crippen molar-refractivity contribution in [1.82, 2.24) is 4.57 Å². The number of aromatic nitrogens is 1. The fraction of sp³-hybridized carbons (Fsp3) is 0.200. The van der Waals surface area contributed by atoms with E-state index in [4.69, 9.17) is 23.2 Å². The van der Waals surface area contributed by atoms with Gasteiger partial charge in [0.25, 0.3) is 0 Å². The smallest absolute Gasteiger partial charge is 0.0834 e. The highest BCUT2D eigenvalue weighted by atomic mass is 35.5. The van der Waals surface area contributed by atoms with E-state index in [0.29, 0.717) is 10.0 Å². The average molecular weight is 648 g/mol. The van der Waals surface area contributed by atoms with Crippen molar-refractivity contribution in [3.63, 3.8) is 0 Å². The highest BCUT2D eigenvalue weighted by Crippen LogP contribution is 2.48. The molecule has 0 bridgehead atoms. The maximum atomic E-state index is 7.20. The van der Waals surface area contributed by atoms with Crippen LogP contribution in [0.5, 0.6) is 0 Å². The molecule has 7 aromatic rings. The van der Waals surface area contributed by atoms with Crippen molar-refractivity contribution < 1.29 is 0 Å². The summed E-state index contributed by atoms with van der Waals surface area (Å²) in [5.74, 6) is 0. The molecule has 5 heteroatoms.